The molecule has 0 N–H and O–H groups in total. The fourth-order valence-corrected chi connectivity index (χ4v) is 1.60. The molecule has 0 aliphatic rings. The summed E-state index contributed by atoms with van der Waals surface area (Å²) in [5.41, 5.74) is 0.121. The third-order valence-corrected chi connectivity index (χ3v) is 2.51. The molecular weight excluding hydrogens is 302 g/mol. The van der Waals surface area contributed by atoms with Crippen LogP contribution in [-0.2, 0) is 9.37 Å². The van der Waals surface area contributed by atoms with Gasteiger partial charge in [0, 0.05) is 16.0 Å². The predicted octanol–water partition coefficient (Wildman–Crippen LogP) is -1.32. The zero-order chi connectivity index (χ0) is 12.1. The molecule has 0 spiro atoms. The molecule has 0 heterocycles. The van der Waals surface area contributed by atoms with E-state index >= 15 is 0 Å². The largest absolute Gasteiger partial charge is 1.00 e. The fourth-order valence-electron chi connectivity index (χ4n) is 0.927. The number of rotatable bonds is 5. The summed E-state index contributed by atoms with van der Waals surface area (Å²) in [7, 11) is 0. The van der Waals surface area contributed by atoms with Crippen molar-refractivity contribution in [1.29, 1.82) is 0 Å². The van der Waals surface area contributed by atoms with Gasteiger partial charge in [0.15, 0.2) is 0 Å². The van der Waals surface area contributed by atoms with Crippen LogP contribution in [0.2, 0.25) is 0 Å². The topological polar surface area (TPSA) is 75.7 Å². The molecule has 17 heavy (non-hydrogen) atoms. The van der Waals surface area contributed by atoms with E-state index in [0.29, 0.717) is 12.0 Å². The first-order chi connectivity index (χ1) is 7.54. The van der Waals surface area contributed by atoms with Gasteiger partial charge in [-0.05, 0) is 41.4 Å². The Hall–Kier alpha value is 0.370. The number of carbonyl (C=O) groups excluding carboxylic acids is 2. The van der Waals surface area contributed by atoms with Crippen LogP contribution in [0, 0.1) is 0 Å². The van der Waals surface area contributed by atoms with E-state index in [0.717, 1.165) is 0 Å². The zero-order valence-corrected chi connectivity index (χ0v) is 12.8. The molecule has 1 aromatic rings. The molecule has 0 saturated carbocycles. The molecule has 0 unspecified atom stereocenters. The molecule has 0 atom stereocenters. The van der Waals surface area contributed by atoms with Crippen LogP contribution in [-0.4, -0.2) is 10.5 Å². The Morgan fingerprint density at radius 2 is 1.59 bits per heavy atom. The maximum atomic E-state index is 10.9. The summed E-state index contributed by atoms with van der Waals surface area (Å²) in [6.07, 6.45) is 0. The van der Waals surface area contributed by atoms with Crippen molar-refractivity contribution in [1.82, 2.24) is 0 Å². The van der Waals surface area contributed by atoms with E-state index in [-0.39, 0.29) is 45.6 Å². The number of hydrogen-bond donors (Lipinski definition) is 0. The standard InChI is InChI=1S/C8H4Cl2O5S.Na/c9-7(11)4-1-5(8(10)12)3-6(2-4)16-15-14-13;/h1-3,13H;/q;+1/p-1. The van der Waals surface area contributed by atoms with Gasteiger partial charge in [-0.2, -0.15) is 4.33 Å². The Morgan fingerprint density at radius 1 is 1.12 bits per heavy atom. The quantitative estimate of drug-likeness (QED) is 0.221. The molecular formula is C8H3Cl2NaO5S. The zero-order valence-electron chi connectivity index (χ0n) is 8.44. The van der Waals surface area contributed by atoms with Crippen molar-refractivity contribution in [2.24, 2.45) is 0 Å². The van der Waals surface area contributed by atoms with E-state index in [1.807, 2.05) is 0 Å². The summed E-state index contributed by atoms with van der Waals surface area (Å²) in [6, 6.07) is 3.87. The summed E-state index contributed by atoms with van der Waals surface area (Å²) in [5.74, 6) is 0. The monoisotopic (exact) mass is 304 g/mol. The third-order valence-electron chi connectivity index (χ3n) is 1.52. The molecule has 0 fully saturated rings. The summed E-state index contributed by atoms with van der Waals surface area (Å²) in [4.78, 5) is 22.1. The van der Waals surface area contributed by atoms with E-state index in [4.69, 9.17) is 23.2 Å². The SMILES string of the molecule is O=C(Cl)c1cc(SOO[O-])cc(C(=O)Cl)c1.[Na+]. The normalized spacial score (nSPS) is 9.59. The first kappa shape index (κ1) is 17.4. The molecule has 0 saturated heterocycles. The van der Waals surface area contributed by atoms with Gasteiger partial charge in [-0.1, -0.05) is 0 Å². The van der Waals surface area contributed by atoms with Crippen molar-refractivity contribution in [3.8, 4) is 0 Å². The van der Waals surface area contributed by atoms with Crippen LogP contribution in [0.25, 0.3) is 0 Å². The van der Waals surface area contributed by atoms with E-state index < -0.39 is 10.5 Å². The minimum atomic E-state index is -0.760. The minimum Gasteiger partial charge on any atom is -0.691 e. The van der Waals surface area contributed by atoms with Gasteiger partial charge in [-0.25, -0.2) is 0 Å². The second kappa shape index (κ2) is 8.47. The van der Waals surface area contributed by atoms with Crippen LogP contribution in [0.3, 0.4) is 0 Å². The van der Waals surface area contributed by atoms with Gasteiger partial charge in [0.1, 0.15) is 0 Å². The predicted molar refractivity (Wildman–Crippen MR) is 54.8 cm³/mol. The maximum absolute atomic E-state index is 10.9. The Kier molecular flexibility index (Phi) is 8.65. The molecule has 5 nitrogen and oxygen atoms in total. The van der Waals surface area contributed by atoms with Gasteiger partial charge in [-0.3, -0.25) is 14.6 Å². The second-order valence-electron chi connectivity index (χ2n) is 2.51. The first-order valence-electron chi connectivity index (χ1n) is 3.72. The van der Waals surface area contributed by atoms with Crippen molar-refractivity contribution in [3.63, 3.8) is 0 Å². The summed E-state index contributed by atoms with van der Waals surface area (Å²) < 4.78 is 4.04. The number of carbonyl (C=O) groups is 2. The van der Waals surface area contributed by atoms with Crippen molar-refractivity contribution in [2.75, 3.05) is 0 Å². The molecule has 0 bridgehead atoms. The average Bonchev–Trinajstić information content (AvgIpc) is 2.25. The summed E-state index contributed by atoms with van der Waals surface area (Å²) in [6.45, 7) is 0. The van der Waals surface area contributed by atoms with Crippen molar-refractivity contribution in [3.05, 3.63) is 29.3 Å². The molecule has 0 radical (unpaired) electrons. The smallest absolute Gasteiger partial charge is 0.691 e. The number of hydrogen-bond acceptors (Lipinski definition) is 6. The van der Waals surface area contributed by atoms with Gasteiger partial charge in [0.05, 0.1) is 12.0 Å². The second-order valence-corrected chi connectivity index (χ2v) is 3.97. The molecule has 0 aromatic heterocycles. The fraction of sp³-hybridized carbons (Fsp3) is 0. The van der Waals surface area contributed by atoms with Gasteiger partial charge >= 0.3 is 29.6 Å². The van der Waals surface area contributed by atoms with Crippen LogP contribution in [0.1, 0.15) is 20.7 Å². The molecule has 1 rings (SSSR count). The Bertz CT molecular complexity index is 396. The number of halogens is 2. The Labute approximate surface area is 133 Å². The van der Waals surface area contributed by atoms with E-state index in [2.05, 4.69) is 9.37 Å². The molecule has 0 aliphatic heterocycles. The van der Waals surface area contributed by atoms with Gasteiger partial charge in [0.2, 0.25) is 0 Å². The van der Waals surface area contributed by atoms with E-state index in [1.165, 1.54) is 18.2 Å². The maximum Gasteiger partial charge on any atom is 1.00 e. The van der Waals surface area contributed by atoms with Crippen LogP contribution in [0.5, 0.6) is 0 Å². The van der Waals surface area contributed by atoms with Gasteiger partial charge in [-0.15, -0.1) is 0 Å². The summed E-state index contributed by atoms with van der Waals surface area (Å²) >= 11 is 11.0. The average molecular weight is 305 g/mol. The van der Waals surface area contributed by atoms with Crippen LogP contribution < -0.4 is 34.8 Å². The van der Waals surface area contributed by atoms with Gasteiger partial charge < -0.3 is 5.26 Å². The third kappa shape index (κ3) is 5.69. The van der Waals surface area contributed by atoms with Crippen LogP contribution in [0.15, 0.2) is 23.1 Å². The Morgan fingerprint density at radius 3 is 1.94 bits per heavy atom. The molecule has 0 aliphatic carbocycles. The van der Waals surface area contributed by atoms with Crippen LogP contribution in [0.4, 0.5) is 0 Å². The molecule has 86 valence electrons. The summed E-state index contributed by atoms with van der Waals surface area (Å²) in [5, 5.41) is 11.2. The minimum absolute atomic E-state index is 0. The molecule has 1 aromatic carbocycles. The Balaban J connectivity index is 0.00000256. The van der Waals surface area contributed by atoms with Crippen LogP contribution >= 0.6 is 35.2 Å². The van der Waals surface area contributed by atoms with Crippen molar-refractivity contribution < 1.29 is 53.8 Å². The molecule has 0 amide bonds. The van der Waals surface area contributed by atoms with E-state index in [9.17, 15) is 14.8 Å². The molecule has 9 heteroatoms. The number of benzene rings is 1. The van der Waals surface area contributed by atoms with Gasteiger partial charge in [0.25, 0.3) is 10.5 Å². The van der Waals surface area contributed by atoms with Crippen molar-refractivity contribution >= 4 is 45.7 Å². The first-order valence-corrected chi connectivity index (χ1v) is 5.22. The van der Waals surface area contributed by atoms with E-state index in [1.54, 1.807) is 0 Å². The van der Waals surface area contributed by atoms with Crippen molar-refractivity contribution in [2.45, 2.75) is 4.90 Å².